The summed E-state index contributed by atoms with van der Waals surface area (Å²) in [6, 6.07) is 13.5. The fraction of sp³-hybridized carbons (Fsp3) is 0.528. The van der Waals surface area contributed by atoms with Crippen LogP contribution in [0.1, 0.15) is 102 Å². The van der Waals surface area contributed by atoms with Gasteiger partial charge in [-0.1, -0.05) is 94.1 Å². The highest BCUT2D eigenvalue weighted by atomic mass is 35.5. The summed E-state index contributed by atoms with van der Waals surface area (Å²) < 4.78 is 13.1. The Bertz CT molecular complexity index is 1380. The first-order valence-corrected chi connectivity index (χ1v) is 17.2. The summed E-state index contributed by atoms with van der Waals surface area (Å²) >= 11 is 6.17. The molecule has 1 aliphatic rings. The molecule has 0 aliphatic heterocycles. The average Bonchev–Trinajstić information content (AvgIpc) is 3.54. The average molecular weight is 685 g/mol. The van der Waals surface area contributed by atoms with Gasteiger partial charge in [-0.05, 0) is 68.7 Å². The van der Waals surface area contributed by atoms with Crippen molar-refractivity contribution in [3.63, 3.8) is 0 Å². The number of carbonyl (C=O) groups excluding carboxylic acids is 4. The second kappa shape index (κ2) is 17.4. The van der Waals surface area contributed by atoms with E-state index in [1.807, 2.05) is 43.3 Å². The van der Waals surface area contributed by atoms with Crippen LogP contribution in [0.2, 0.25) is 5.02 Å². The van der Waals surface area contributed by atoms with Crippen LogP contribution in [-0.4, -0.2) is 53.4 Å². The van der Waals surface area contributed by atoms with E-state index in [2.05, 4.69) is 26.6 Å². The molecular formula is C36H50ClFN6O4. The van der Waals surface area contributed by atoms with Crippen LogP contribution in [0.5, 0.6) is 0 Å². The van der Waals surface area contributed by atoms with Crippen molar-refractivity contribution in [3.8, 4) is 0 Å². The molecule has 0 bridgehead atoms. The van der Waals surface area contributed by atoms with E-state index in [0.717, 1.165) is 29.5 Å². The van der Waals surface area contributed by atoms with E-state index in [4.69, 9.17) is 17.0 Å². The molecule has 48 heavy (non-hydrogen) atoms. The number of carbonyl (C=O) groups is 4. The van der Waals surface area contributed by atoms with Crippen LogP contribution in [0.25, 0.3) is 0 Å². The van der Waals surface area contributed by atoms with Gasteiger partial charge in [-0.25, -0.2) is 0 Å². The second-order valence-electron chi connectivity index (χ2n) is 13.0. The number of aryl methyl sites for hydroxylation is 1. The molecule has 12 heteroatoms. The Hall–Kier alpha value is -3.99. The van der Waals surface area contributed by atoms with Gasteiger partial charge in [-0.15, -0.1) is 0 Å². The van der Waals surface area contributed by atoms with Crippen molar-refractivity contribution in [2.45, 2.75) is 109 Å². The number of amides is 4. The smallest absolute Gasteiger partial charge is 0.275 e. The Morgan fingerprint density at radius 3 is 2.00 bits per heavy atom. The standard InChI is InChI=1S/C36H50ClFN6O4/c1-6-35(7-2,43-30(45)23(3)4)32(47)41-28(11-10-22-40-34(38)39)31(46)44-36(20-8-9-21-36)33(48)42-29(25-14-12-24(5)13-15-25)26-16-18-27(37)19-17-26/h12-19,23,28-29H,6-11,20-22H2,1-5H3,(H2,39,40)(H,41,47)(H,42,48)(H,43,45)(H,44,46)/t28-,29?/m1/s1. The van der Waals surface area contributed by atoms with E-state index in [1.165, 1.54) is 0 Å². The zero-order valence-electron chi connectivity index (χ0n) is 28.6. The maximum absolute atomic E-state index is 14.2. The number of rotatable bonds is 16. The van der Waals surface area contributed by atoms with E-state index in [0.29, 0.717) is 30.7 Å². The molecule has 0 aromatic heterocycles. The summed E-state index contributed by atoms with van der Waals surface area (Å²) in [5.41, 5.74) is 0.288. The summed E-state index contributed by atoms with van der Waals surface area (Å²) in [6.07, 6.45) is 2.00. The summed E-state index contributed by atoms with van der Waals surface area (Å²) in [7, 11) is 0. The van der Waals surface area contributed by atoms with Gasteiger partial charge >= 0.3 is 0 Å². The van der Waals surface area contributed by atoms with Crippen LogP contribution in [0.4, 0.5) is 4.39 Å². The highest BCUT2D eigenvalue weighted by Crippen LogP contribution is 2.33. The molecule has 2 atom stereocenters. The van der Waals surface area contributed by atoms with Gasteiger partial charge in [-0.3, -0.25) is 24.6 Å². The van der Waals surface area contributed by atoms with Gasteiger partial charge < -0.3 is 26.6 Å². The number of hydrogen-bond acceptors (Lipinski definition) is 5. The van der Waals surface area contributed by atoms with Crippen molar-refractivity contribution in [1.82, 2.24) is 26.6 Å². The minimum Gasteiger partial charge on any atom is -0.347 e. The molecule has 0 heterocycles. The van der Waals surface area contributed by atoms with Gasteiger partial charge in [0.15, 0.2) is 0 Å². The third-order valence-corrected chi connectivity index (χ3v) is 9.50. The fourth-order valence-electron chi connectivity index (χ4n) is 6.01. The lowest BCUT2D eigenvalue weighted by Crippen LogP contribution is -2.64. The predicted molar refractivity (Wildman–Crippen MR) is 186 cm³/mol. The lowest BCUT2D eigenvalue weighted by atomic mass is 9.89. The molecule has 4 amide bonds. The maximum Gasteiger partial charge on any atom is 0.275 e. The van der Waals surface area contributed by atoms with Gasteiger partial charge in [0.1, 0.15) is 17.1 Å². The largest absolute Gasteiger partial charge is 0.347 e. The Morgan fingerprint density at radius 2 is 1.48 bits per heavy atom. The van der Waals surface area contributed by atoms with Crippen molar-refractivity contribution in [3.05, 3.63) is 70.2 Å². The lowest BCUT2D eigenvalue weighted by molar-refractivity contribution is -0.139. The van der Waals surface area contributed by atoms with Gasteiger partial charge in [0.25, 0.3) is 6.09 Å². The molecule has 0 saturated heterocycles. The predicted octanol–water partition coefficient (Wildman–Crippen LogP) is 5.37. The van der Waals surface area contributed by atoms with E-state index in [9.17, 15) is 23.6 Å². The molecule has 1 aliphatic carbocycles. The number of benzene rings is 2. The van der Waals surface area contributed by atoms with Crippen molar-refractivity contribution < 1.29 is 23.6 Å². The molecule has 262 valence electrons. The third kappa shape index (κ3) is 10.0. The first-order valence-electron chi connectivity index (χ1n) is 16.8. The highest BCUT2D eigenvalue weighted by molar-refractivity contribution is 6.30. The van der Waals surface area contributed by atoms with Gasteiger partial charge in [0, 0.05) is 17.5 Å². The molecule has 1 saturated carbocycles. The van der Waals surface area contributed by atoms with Crippen molar-refractivity contribution in [2.75, 3.05) is 6.54 Å². The molecule has 0 radical (unpaired) electrons. The Kier molecular flexibility index (Phi) is 14.0. The summed E-state index contributed by atoms with van der Waals surface area (Å²) in [4.78, 5) is 54.8. The SMILES string of the molecule is CCC(CC)(NC(=O)C(C)C)C(=O)N[C@H](CCCNC(=N)F)C(=O)NC1(C(=O)NC(c2ccc(C)cc2)c2ccc(Cl)cc2)CCCC1. The molecule has 10 nitrogen and oxygen atoms in total. The molecule has 2 aromatic carbocycles. The maximum atomic E-state index is 14.2. The normalized spacial score (nSPS) is 15.2. The van der Waals surface area contributed by atoms with E-state index >= 15 is 0 Å². The molecule has 3 rings (SSSR count). The third-order valence-electron chi connectivity index (χ3n) is 9.24. The molecule has 2 aromatic rings. The Balaban J connectivity index is 1.90. The topological polar surface area (TPSA) is 152 Å². The number of nitrogens with one attached hydrogen (secondary N) is 6. The molecular weight excluding hydrogens is 635 g/mol. The van der Waals surface area contributed by atoms with Crippen LogP contribution >= 0.6 is 11.6 Å². The number of amidine groups is 1. The van der Waals surface area contributed by atoms with E-state index < -0.39 is 41.1 Å². The first kappa shape index (κ1) is 38.5. The number of halogens is 2. The van der Waals surface area contributed by atoms with Crippen LogP contribution in [-0.2, 0) is 19.2 Å². The van der Waals surface area contributed by atoms with Crippen LogP contribution < -0.4 is 26.6 Å². The number of hydrogen-bond donors (Lipinski definition) is 6. The summed E-state index contributed by atoms with van der Waals surface area (Å²) in [6.45, 7) is 9.10. The molecule has 1 fully saturated rings. The van der Waals surface area contributed by atoms with Gasteiger partial charge in [0.2, 0.25) is 23.6 Å². The molecule has 0 spiro atoms. The van der Waals surface area contributed by atoms with Gasteiger partial charge in [-0.2, -0.15) is 4.39 Å². The second-order valence-corrected chi connectivity index (χ2v) is 13.4. The van der Waals surface area contributed by atoms with E-state index in [-0.39, 0.29) is 37.1 Å². The Labute approximate surface area is 288 Å². The zero-order chi connectivity index (χ0) is 35.5. The summed E-state index contributed by atoms with van der Waals surface area (Å²) in [5, 5.41) is 21.8. The van der Waals surface area contributed by atoms with E-state index in [1.54, 1.807) is 39.8 Å². The zero-order valence-corrected chi connectivity index (χ0v) is 29.4. The van der Waals surface area contributed by atoms with Crippen LogP contribution in [0.15, 0.2) is 48.5 Å². The lowest BCUT2D eigenvalue weighted by Gasteiger charge is -2.36. The van der Waals surface area contributed by atoms with Crippen molar-refractivity contribution in [1.29, 1.82) is 5.41 Å². The van der Waals surface area contributed by atoms with Crippen LogP contribution in [0.3, 0.4) is 0 Å². The highest BCUT2D eigenvalue weighted by Gasteiger charge is 2.45. The fourth-order valence-corrected chi connectivity index (χ4v) is 6.13. The summed E-state index contributed by atoms with van der Waals surface area (Å²) in [5.74, 6) is -2.04. The first-order chi connectivity index (χ1) is 22.8. The van der Waals surface area contributed by atoms with Crippen LogP contribution in [0, 0.1) is 18.3 Å². The van der Waals surface area contributed by atoms with Gasteiger partial charge in [0.05, 0.1) is 6.04 Å². The Morgan fingerprint density at radius 1 is 0.917 bits per heavy atom. The minimum atomic E-state index is -1.25. The van der Waals surface area contributed by atoms with Crippen molar-refractivity contribution in [2.24, 2.45) is 5.92 Å². The molecule has 6 N–H and O–H groups in total. The minimum absolute atomic E-state index is 0.0662. The monoisotopic (exact) mass is 684 g/mol. The molecule has 1 unspecified atom stereocenters. The van der Waals surface area contributed by atoms with Crippen molar-refractivity contribution >= 4 is 41.3 Å². The quantitative estimate of drug-likeness (QED) is 0.0608.